The highest BCUT2D eigenvalue weighted by Crippen LogP contribution is 2.37. The van der Waals surface area contributed by atoms with E-state index in [0.717, 1.165) is 37.0 Å². The summed E-state index contributed by atoms with van der Waals surface area (Å²) in [6.45, 7) is 7.22. The third-order valence-electron chi connectivity index (χ3n) is 3.87. The van der Waals surface area contributed by atoms with Gasteiger partial charge in [-0.25, -0.2) is 0 Å². The first-order valence-electron chi connectivity index (χ1n) is 6.58. The highest BCUT2D eigenvalue weighted by Gasteiger charge is 2.41. The molecule has 3 nitrogen and oxygen atoms in total. The second-order valence-electron chi connectivity index (χ2n) is 5.09. The normalized spacial score (nSPS) is 27.6. The van der Waals surface area contributed by atoms with E-state index in [1.165, 1.54) is 5.56 Å². The Labute approximate surface area is 117 Å². The molecule has 1 aromatic rings. The fourth-order valence-corrected chi connectivity index (χ4v) is 3.09. The highest BCUT2D eigenvalue weighted by molar-refractivity contribution is 9.10. The number of nitrogens with zero attached hydrogens (tertiary/aromatic N) is 1. The van der Waals surface area contributed by atoms with Crippen molar-refractivity contribution in [3.05, 3.63) is 28.5 Å². The van der Waals surface area contributed by atoms with Gasteiger partial charge >= 0.3 is 0 Å². The fourth-order valence-electron chi connectivity index (χ4n) is 2.68. The molecule has 2 unspecified atom stereocenters. The summed E-state index contributed by atoms with van der Waals surface area (Å²) in [5, 5.41) is 3.48. The summed E-state index contributed by atoms with van der Waals surface area (Å²) in [6, 6.07) is 2.16. The van der Waals surface area contributed by atoms with Crippen molar-refractivity contribution in [3.8, 4) is 0 Å². The maximum atomic E-state index is 5.80. The van der Waals surface area contributed by atoms with Gasteiger partial charge in [-0.15, -0.1) is 0 Å². The van der Waals surface area contributed by atoms with E-state index in [1.807, 2.05) is 12.4 Å². The molecule has 2 atom stereocenters. The van der Waals surface area contributed by atoms with Crippen LogP contribution in [0.4, 0.5) is 0 Å². The fraction of sp³-hybridized carbons (Fsp3) is 0.643. The van der Waals surface area contributed by atoms with Crippen molar-refractivity contribution in [1.82, 2.24) is 10.3 Å². The minimum absolute atomic E-state index is 0.207. The minimum Gasteiger partial charge on any atom is -0.378 e. The van der Waals surface area contributed by atoms with E-state index in [2.05, 4.69) is 46.1 Å². The first-order valence-corrected chi connectivity index (χ1v) is 7.37. The Morgan fingerprint density at radius 1 is 1.56 bits per heavy atom. The highest BCUT2D eigenvalue weighted by atomic mass is 79.9. The second-order valence-corrected chi connectivity index (χ2v) is 6.01. The van der Waals surface area contributed by atoms with Crippen LogP contribution >= 0.6 is 15.9 Å². The van der Waals surface area contributed by atoms with Gasteiger partial charge < -0.3 is 10.1 Å². The lowest BCUT2D eigenvalue weighted by Gasteiger charge is -2.32. The van der Waals surface area contributed by atoms with Crippen LogP contribution in [0.1, 0.15) is 25.8 Å². The zero-order chi connectivity index (χ0) is 13.0. The van der Waals surface area contributed by atoms with Crippen molar-refractivity contribution in [2.45, 2.75) is 32.8 Å². The maximum Gasteiger partial charge on any atom is 0.0619 e. The third kappa shape index (κ3) is 3.11. The Bertz CT molecular complexity index is 399. The Morgan fingerprint density at radius 3 is 3.00 bits per heavy atom. The van der Waals surface area contributed by atoms with Crippen LogP contribution in [0.25, 0.3) is 0 Å². The lowest BCUT2D eigenvalue weighted by atomic mass is 9.76. The van der Waals surface area contributed by atoms with Gasteiger partial charge in [0.1, 0.15) is 0 Å². The minimum atomic E-state index is 0.207. The lowest BCUT2D eigenvalue weighted by molar-refractivity contribution is 0.0632. The summed E-state index contributed by atoms with van der Waals surface area (Å²) in [5.74, 6) is 0. The summed E-state index contributed by atoms with van der Waals surface area (Å²) in [4.78, 5) is 4.25. The van der Waals surface area contributed by atoms with E-state index in [0.29, 0.717) is 6.10 Å². The second kappa shape index (κ2) is 6.13. The summed E-state index contributed by atoms with van der Waals surface area (Å²) in [5.41, 5.74) is 1.48. The Hall–Kier alpha value is -0.450. The number of pyridine rings is 1. The lowest BCUT2D eigenvalue weighted by Crippen LogP contribution is -2.41. The predicted octanol–water partition coefficient (Wildman–Crippen LogP) is 2.79. The molecular weight excluding hydrogens is 292 g/mol. The van der Waals surface area contributed by atoms with E-state index < -0.39 is 0 Å². The summed E-state index contributed by atoms with van der Waals surface area (Å²) in [6.07, 6.45) is 6.23. The van der Waals surface area contributed by atoms with Gasteiger partial charge in [-0.3, -0.25) is 4.98 Å². The molecule has 1 N–H and O–H groups in total. The molecule has 18 heavy (non-hydrogen) atoms. The zero-order valence-electron chi connectivity index (χ0n) is 11.1. The monoisotopic (exact) mass is 312 g/mol. The summed E-state index contributed by atoms with van der Waals surface area (Å²) >= 11 is 3.49. The molecule has 0 amide bonds. The molecule has 2 heterocycles. The number of hydrogen-bond donors (Lipinski definition) is 1. The average molecular weight is 313 g/mol. The maximum absolute atomic E-state index is 5.80. The van der Waals surface area contributed by atoms with Crippen LogP contribution in [0.5, 0.6) is 0 Å². The smallest absolute Gasteiger partial charge is 0.0619 e. The molecule has 0 bridgehead atoms. The molecule has 1 saturated heterocycles. The first-order chi connectivity index (χ1) is 8.66. The SMILES string of the molecule is CCNCC1(Cc2cncc(Br)c2)CCOC1C. The van der Waals surface area contributed by atoms with Gasteiger partial charge in [-0.05, 0) is 53.9 Å². The topological polar surface area (TPSA) is 34.2 Å². The number of aromatic nitrogens is 1. The predicted molar refractivity (Wildman–Crippen MR) is 76.6 cm³/mol. The summed E-state index contributed by atoms with van der Waals surface area (Å²) < 4.78 is 6.84. The van der Waals surface area contributed by atoms with Crippen LogP contribution in [-0.4, -0.2) is 30.8 Å². The average Bonchev–Trinajstić information content (AvgIpc) is 2.69. The van der Waals surface area contributed by atoms with E-state index in [9.17, 15) is 0 Å². The Morgan fingerprint density at radius 2 is 2.39 bits per heavy atom. The van der Waals surface area contributed by atoms with Gasteiger partial charge in [0.15, 0.2) is 0 Å². The van der Waals surface area contributed by atoms with Crippen LogP contribution in [-0.2, 0) is 11.2 Å². The van der Waals surface area contributed by atoms with Gasteiger partial charge in [0.05, 0.1) is 6.10 Å². The van der Waals surface area contributed by atoms with Gasteiger partial charge in [-0.1, -0.05) is 6.92 Å². The molecule has 1 aromatic heterocycles. The third-order valence-corrected chi connectivity index (χ3v) is 4.31. The largest absolute Gasteiger partial charge is 0.378 e. The molecule has 2 rings (SSSR count). The molecule has 0 aromatic carbocycles. The number of rotatable bonds is 5. The quantitative estimate of drug-likeness (QED) is 0.908. The van der Waals surface area contributed by atoms with E-state index >= 15 is 0 Å². The van der Waals surface area contributed by atoms with Gasteiger partial charge in [-0.2, -0.15) is 0 Å². The number of hydrogen-bond acceptors (Lipinski definition) is 3. The van der Waals surface area contributed by atoms with Crippen LogP contribution in [0, 0.1) is 5.41 Å². The van der Waals surface area contributed by atoms with E-state index in [4.69, 9.17) is 4.74 Å². The molecule has 1 aliphatic heterocycles. The van der Waals surface area contributed by atoms with Crippen LogP contribution in [0.2, 0.25) is 0 Å². The van der Waals surface area contributed by atoms with E-state index in [1.54, 1.807) is 0 Å². The number of halogens is 1. The molecule has 0 radical (unpaired) electrons. The summed E-state index contributed by atoms with van der Waals surface area (Å²) in [7, 11) is 0. The molecule has 1 fully saturated rings. The van der Waals surface area contributed by atoms with Gasteiger partial charge in [0.25, 0.3) is 0 Å². The standard InChI is InChI=1S/C14H21BrN2O/c1-3-16-10-14(4-5-18-11(14)2)7-12-6-13(15)9-17-8-12/h6,8-9,11,16H,3-5,7,10H2,1-2H3. The van der Waals surface area contributed by atoms with Crippen molar-refractivity contribution >= 4 is 15.9 Å². The number of nitrogens with one attached hydrogen (secondary N) is 1. The first kappa shape index (κ1) is 14.0. The van der Waals surface area contributed by atoms with Crippen molar-refractivity contribution in [2.24, 2.45) is 5.41 Å². The van der Waals surface area contributed by atoms with Crippen molar-refractivity contribution < 1.29 is 4.74 Å². The molecule has 0 saturated carbocycles. The molecule has 4 heteroatoms. The Balaban J connectivity index is 2.14. The Kier molecular flexibility index (Phi) is 4.76. The number of ether oxygens (including phenoxy) is 1. The van der Waals surface area contributed by atoms with Crippen molar-refractivity contribution in [2.75, 3.05) is 19.7 Å². The zero-order valence-corrected chi connectivity index (χ0v) is 12.7. The van der Waals surface area contributed by atoms with Crippen molar-refractivity contribution in [3.63, 3.8) is 0 Å². The van der Waals surface area contributed by atoms with Crippen LogP contribution in [0.15, 0.2) is 22.9 Å². The van der Waals surface area contributed by atoms with Gasteiger partial charge in [0.2, 0.25) is 0 Å². The molecule has 100 valence electrons. The van der Waals surface area contributed by atoms with E-state index in [-0.39, 0.29) is 5.41 Å². The van der Waals surface area contributed by atoms with Crippen LogP contribution < -0.4 is 5.32 Å². The van der Waals surface area contributed by atoms with Crippen molar-refractivity contribution in [1.29, 1.82) is 0 Å². The molecule has 0 spiro atoms. The van der Waals surface area contributed by atoms with Crippen LogP contribution in [0.3, 0.4) is 0 Å². The molecular formula is C14H21BrN2O. The molecule has 1 aliphatic rings. The van der Waals surface area contributed by atoms with Gasteiger partial charge in [0, 0.05) is 35.4 Å². The molecule has 0 aliphatic carbocycles.